The van der Waals surface area contributed by atoms with E-state index in [4.69, 9.17) is 4.74 Å². The van der Waals surface area contributed by atoms with Crippen molar-refractivity contribution in [3.8, 4) is 5.75 Å². The molecule has 0 aromatic heterocycles. The molecule has 1 aromatic rings. The van der Waals surface area contributed by atoms with Crippen LogP contribution in [0.15, 0.2) is 22.7 Å². The molecular weight excluding hydrogens is 334 g/mol. The molecule has 0 spiro atoms. The third-order valence-electron chi connectivity index (χ3n) is 3.83. The van der Waals surface area contributed by atoms with Crippen LogP contribution >= 0.6 is 15.9 Å². The van der Waals surface area contributed by atoms with Crippen molar-refractivity contribution in [1.29, 1.82) is 0 Å². The molecule has 0 radical (unpaired) electrons. The van der Waals surface area contributed by atoms with Gasteiger partial charge in [0, 0.05) is 42.4 Å². The van der Waals surface area contributed by atoms with Crippen molar-refractivity contribution >= 4 is 27.5 Å². The maximum Gasteiger partial charge on any atom is 0.244 e. The van der Waals surface area contributed by atoms with Gasteiger partial charge in [-0.25, -0.2) is 0 Å². The van der Waals surface area contributed by atoms with Gasteiger partial charge in [-0.3, -0.25) is 9.69 Å². The fourth-order valence-electron chi connectivity index (χ4n) is 2.40. The van der Waals surface area contributed by atoms with Gasteiger partial charge in [-0.05, 0) is 26.0 Å². The van der Waals surface area contributed by atoms with Gasteiger partial charge < -0.3 is 15.4 Å². The number of methoxy groups -OCH3 is 1. The Kier molecular flexibility index (Phi) is 5.24. The van der Waals surface area contributed by atoms with Crippen molar-refractivity contribution < 1.29 is 9.53 Å². The van der Waals surface area contributed by atoms with E-state index < -0.39 is 5.54 Å². The van der Waals surface area contributed by atoms with E-state index in [-0.39, 0.29) is 5.91 Å². The highest BCUT2D eigenvalue weighted by atomic mass is 79.9. The summed E-state index contributed by atoms with van der Waals surface area (Å²) in [5.41, 5.74) is 0.187. The quantitative estimate of drug-likeness (QED) is 0.868. The first-order valence-corrected chi connectivity index (χ1v) is 7.84. The fraction of sp³-hybridized carbons (Fsp3) is 0.533. The molecule has 21 heavy (non-hydrogen) atoms. The topological polar surface area (TPSA) is 53.6 Å². The van der Waals surface area contributed by atoms with Crippen molar-refractivity contribution in [3.63, 3.8) is 0 Å². The van der Waals surface area contributed by atoms with Gasteiger partial charge in [0.05, 0.1) is 12.6 Å². The van der Waals surface area contributed by atoms with Gasteiger partial charge in [0.1, 0.15) is 5.75 Å². The minimum atomic E-state index is -0.544. The van der Waals surface area contributed by atoms with Crippen LogP contribution in [0.3, 0.4) is 0 Å². The number of ether oxygens (including phenoxy) is 1. The zero-order valence-corrected chi connectivity index (χ0v) is 14.3. The molecule has 0 saturated carbocycles. The Morgan fingerprint density at radius 3 is 2.62 bits per heavy atom. The zero-order chi connectivity index (χ0) is 15.5. The van der Waals surface area contributed by atoms with Crippen LogP contribution in [0.1, 0.15) is 13.8 Å². The van der Waals surface area contributed by atoms with Crippen molar-refractivity contribution in [2.45, 2.75) is 19.4 Å². The minimum Gasteiger partial charge on any atom is -0.497 e. The highest BCUT2D eigenvalue weighted by Gasteiger charge is 2.35. The van der Waals surface area contributed by atoms with E-state index in [1.165, 1.54) is 0 Å². The molecule has 2 N–H and O–H groups in total. The Morgan fingerprint density at radius 1 is 1.33 bits per heavy atom. The van der Waals surface area contributed by atoms with Crippen molar-refractivity contribution in [1.82, 2.24) is 10.2 Å². The monoisotopic (exact) mass is 355 g/mol. The summed E-state index contributed by atoms with van der Waals surface area (Å²) in [6.45, 7) is 7.51. The minimum absolute atomic E-state index is 0.00967. The Balaban J connectivity index is 2.11. The van der Waals surface area contributed by atoms with Crippen LogP contribution in [0, 0.1) is 0 Å². The molecule has 1 aliphatic heterocycles. The average Bonchev–Trinajstić information content (AvgIpc) is 2.47. The van der Waals surface area contributed by atoms with Crippen molar-refractivity contribution in [2.75, 3.05) is 38.6 Å². The number of nitrogens with zero attached hydrogens (tertiary/aromatic N) is 1. The molecule has 6 heteroatoms. The van der Waals surface area contributed by atoms with E-state index in [1.54, 1.807) is 7.11 Å². The summed E-state index contributed by atoms with van der Waals surface area (Å²) in [5, 5.41) is 6.29. The standard InChI is InChI=1S/C15H22BrN3O2/c1-15(2,19-6-4-17-5-7-19)14(20)18-12-8-11(16)9-13(10-12)21-3/h8-10,17H,4-7H2,1-3H3,(H,18,20). The number of piperazine rings is 1. The van der Waals surface area contributed by atoms with E-state index in [0.717, 1.165) is 36.3 Å². The fourth-order valence-corrected chi connectivity index (χ4v) is 2.88. The molecule has 2 rings (SSSR count). The van der Waals surface area contributed by atoms with Gasteiger partial charge in [-0.15, -0.1) is 0 Å². The van der Waals surface area contributed by atoms with Gasteiger partial charge >= 0.3 is 0 Å². The number of benzene rings is 1. The first kappa shape index (κ1) is 16.3. The summed E-state index contributed by atoms with van der Waals surface area (Å²) < 4.78 is 6.09. The van der Waals surface area contributed by atoms with Crippen LogP contribution < -0.4 is 15.4 Å². The van der Waals surface area contributed by atoms with E-state index in [2.05, 4.69) is 31.5 Å². The Bertz CT molecular complexity index is 514. The Morgan fingerprint density at radius 2 is 2.00 bits per heavy atom. The summed E-state index contributed by atoms with van der Waals surface area (Å²) in [7, 11) is 1.61. The molecule has 116 valence electrons. The highest BCUT2D eigenvalue weighted by Crippen LogP contribution is 2.26. The number of anilines is 1. The lowest BCUT2D eigenvalue weighted by molar-refractivity contribution is -0.126. The number of amides is 1. The van der Waals surface area contributed by atoms with Gasteiger partial charge in [0.25, 0.3) is 0 Å². The lowest BCUT2D eigenvalue weighted by Gasteiger charge is -2.39. The van der Waals surface area contributed by atoms with Gasteiger partial charge in [0.15, 0.2) is 0 Å². The second-order valence-electron chi connectivity index (χ2n) is 5.63. The summed E-state index contributed by atoms with van der Waals surface area (Å²) in [5.74, 6) is 0.698. The third-order valence-corrected chi connectivity index (χ3v) is 4.29. The third kappa shape index (κ3) is 3.96. The lowest BCUT2D eigenvalue weighted by atomic mass is 10.0. The SMILES string of the molecule is COc1cc(Br)cc(NC(=O)C(C)(C)N2CCNCC2)c1. The molecule has 1 heterocycles. The first-order chi connectivity index (χ1) is 9.93. The molecule has 1 aromatic carbocycles. The van der Waals surface area contributed by atoms with Crippen LogP contribution in [0.2, 0.25) is 0 Å². The molecular formula is C15H22BrN3O2. The number of hydrogen-bond acceptors (Lipinski definition) is 4. The normalized spacial score (nSPS) is 16.6. The number of hydrogen-bond donors (Lipinski definition) is 2. The second-order valence-corrected chi connectivity index (χ2v) is 6.55. The average molecular weight is 356 g/mol. The maximum atomic E-state index is 12.6. The summed E-state index contributed by atoms with van der Waals surface area (Å²) >= 11 is 3.42. The van der Waals surface area contributed by atoms with Crippen LogP contribution in [-0.2, 0) is 4.79 Å². The van der Waals surface area contributed by atoms with Crippen LogP contribution in [0.5, 0.6) is 5.75 Å². The summed E-state index contributed by atoms with van der Waals surface area (Å²) in [4.78, 5) is 14.8. The van der Waals surface area contributed by atoms with E-state index in [1.807, 2.05) is 32.0 Å². The van der Waals surface area contributed by atoms with Gasteiger partial charge in [-0.2, -0.15) is 0 Å². The molecule has 0 atom stereocenters. The Hall–Kier alpha value is -1.11. The van der Waals surface area contributed by atoms with Crippen molar-refractivity contribution in [3.05, 3.63) is 22.7 Å². The molecule has 1 amide bonds. The smallest absolute Gasteiger partial charge is 0.244 e. The molecule has 1 aliphatic rings. The summed E-state index contributed by atoms with van der Waals surface area (Å²) in [6, 6.07) is 5.54. The molecule has 1 saturated heterocycles. The lowest BCUT2D eigenvalue weighted by Crippen LogP contribution is -2.58. The predicted octanol–water partition coefficient (Wildman–Crippen LogP) is 2.08. The largest absolute Gasteiger partial charge is 0.497 e. The molecule has 1 fully saturated rings. The molecule has 5 nitrogen and oxygen atoms in total. The Labute approximate surface area is 134 Å². The van der Waals surface area contributed by atoms with Gasteiger partial charge in [0.2, 0.25) is 5.91 Å². The van der Waals surface area contributed by atoms with Gasteiger partial charge in [-0.1, -0.05) is 15.9 Å². The van der Waals surface area contributed by atoms with E-state index in [9.17, 15) is 4.79 Å². The molecule has 0 bridgehead atoms. The zero-order valence-electron chi connectivity index (χ0n) is 12.7. The van der Waals surface area contributed by atoms with Crippen LogP contribution in [-0.4, -0.2) is 49.6 Å². The maximum absolute atomic E-state index is 12.6. The highest BCUT2D eigenvalue weighted by molar-refractivity contribution is 9.10. The number of carbonyl (C=O) groups is 1. The second kappa shape index (κ2) is 6.77. The number of carbonyl (C=O) groups excluding carboxylic acids is 1. The van der Waals surface area contributed by atoms with Crippen LogP contribution in [0.4, 0.5) is 5.69 Å². The van der Waals surface area contributed by atoms with E-state index in [0.29, 0.717) is 5.75 Å². The van der Waals surface area contributed by atoms with E-state index >= 15 is 0 Å². The number of halogens is 1. The van der Waals surface area contributed by atoms with Crippen molar-refractivity contribution in [2.24, 2.45) is 0 Å². The molecule has 0 aliphatic carbocycles. The first-order valence-electron chi connectivity index (χ1n) is 7.05. The molecule has 0 unspecified atom stereocenters. The predicted molar refractivity (Wildman–Crippen MR) is 87.8 cm³/mol. The number of rotatable bonds is 4. The number of nitrogens with one attached hydrogen (secondary N) is 2. The summed E-state index contributed by atoms with van der Waals surface area (Å²) in [6.07, 6.45) is 0. The van der Waals surface area contributed by atoms with Crippen LogP contribution in [0.25, 0.3) is 0 Å².